The summed E-state index contributed by atoms with van der Waals surface area (Å²) in [5.41, 5.74) is 0. The fraction of sp³-hybridized carbons (Fsp3) is 1.00. The van der Waals surface area contributed by atoms with Gasteiger partial charge in [-0.1, -0.05) is 13.3 Å². The minimum atomic E-state index is 0.877. The number of nitrogens with one attached hydrogen (secondary N) is 1. The van der Waals surface area contributed by atoms with Crippen molar-refractivity contribution >= 4 is 0 Å². The van der Waals surface area contributed by atoms with Gasteiger partial charge in [0.05, 0.1) is 0 Å². The van der Waals surface area contributed by atoms with Crippen LogP contribution in [0, 0.1) is 5.92 Å². The minimum Gasteiger partial charge on any atom is -0.311 e. The molecular weight excluding hydrogens is 122 g/mol. The molecule has 1 heteroatoms. The van der Waals surface area contributed by atoms with Crippen LogP contribution in [0.1, 0.15) is 39.0 Å². The lowest BCUT2D eigenvalue weighted by Crippen LogP contribution is -2.47. The summed E-state index contributed by atoms with van der Waals surface area (Å²) in [5, 5.41) is 3.68. The molecule has 0 aliphatic carbocycles. The smallest absolute Gasteiger partial charge is 0.00722 e. The fourth-order valence-electron chi connectivity index (χ4n) is 2.55. The van der Waals surface area contributed by atoms with Crippen LogP contribution >= 0.6 is 0 Å². The van der Waals surface area contributed by atoms with Crippen molar-refractivity contribution in [3.8, 4) is 0 Å². The zero-order chi connectivity index (χ0) is 6.97. The van der Waals surface area contributed by atoms with Gasteiger partial charge in [-0.05, 0) is 31.6 Å². The molecule has 3 atom stereocenters. The molecule has 1 nitrogen and oxygen atoms in total. The number of fused-ring (bicyclic) bond motifs is 2. The van der Waals surface area contributed by atoms with E-state index < -0.39 is 0 Å². The second-order valence-electron chi connectivity index (χ2n) is 4.07. The number of piperidine rings is 2. The van der Waals surface area contributed by atoms with Crippen LogP contribution in [0.15, 0.2) is 0 Å². The van der Waals surface area contributed by atoms with Crippen molar-refractivity contribution in [3.63, 3.8) is 0 Å². The van der Waals surface area contributed by atoms with E-state index in [2.05, 4.69) is 12.2 Å². The lowest BCUT2D eigenvalue weighted by Gasteiger charge is -2.39. The van der Waals surface area contributed by atoms with Crippen molar-refractivity contribution in [1.82, 2.24) is 5.32 Å². The maximum absolute atomic E-state index is 3.68. The summed E-state index contributed by atoms with van der Waals surface area (Å²) in [5.74, 6) is 0.983. The van der Waals surface area contributed by atoms with E-state index in [-0.39, 0.29) is 0 Å². The third kappa shape index (κ3) is 1.20. The molecule has 58 valence electrons. The summed E-state index contributed by atoms with van der Waals surface area (Å²) in [4.78, 5) is 0. The normalized spacial score (nSPS) is 47.1. The van der Waals surface area contributed by atoms with E-state index in [4.69, 9.17) is 0 Å². The van der Waals surface area contributed by atoms with Crippen LogP contribution in [0.5, 0.6) is 0 Å². The Morgan fingerprint density at radius 1 is 1.10 bits per heavy atom. The summed E-state index contributed by atoms with van der Waals surface area (Å²) in [6, 6.07) is 1.75. The highest BCUT2D eigenvalue weighted by molar-refractivity contribution is 4.87. The summed E-state index contributed by atoms with van der Waals surface area (Å²) in [6.07, 6.45) is 7.18. The minimum absolute atomic E-state index is 0.877. The molecule has 1 N–H and O–H groups in total. The van der Waals surface area contributed by atoms with Crippen LogP contribution in [0.4, 0.5) is 0 Å². The van der Waals surface area contributed by atoms with Crippen molar-refractivity contribution < 1.29 is 0 Å². The Bertz CT molecular complexity index is 106. The number of hydrogen-bond acceptors (Lipinski definition) is 1. The van der Waals surface area contributed by atoms with Crippen molar-refractivity contribution in [3.05, 3.63) is 0 Å². The van der Waals surface area contributed by atoms with Crippen molar-refractivity contribution in [1.29, 1.82) is 0 Å². The monoisotopic (exact) mass is 139 g/mol. The van der Waals surface area contributed by atoms with Gasteiger partial charge in [0.2, 0.25) is 0 Å². The first kappa shape index (κ1) is 6.66. The van der Waals surface area contributed by atoms with E-state index in [9.17, 15) is 0 Å². The molecule has 0 spiro atoms. The first-order valence-corrected chi connectivity index (χ1v) is 4.60. The highest BCUT2D eigenvalue weighted by atomic mass is 15.0. The zero-order valence-electron chi connectivity index (χ0n) is 6.77. The highest BCUT2D eigenvalue weighted by Gasteiger charge is 2.28. The van der Waals surface area contributed by atoms with Crippen LogP contribution in [0.3, 0.4) is 0 Å². The van der Waals surface area contributed by atoms with Crippen LogP contribution in [-0.2, 0) is 0 Å². The molecule has 2 heterocycles. The Morgan fingerprint density at radius 3 is 2.30 bits per heavy atom. The van der Waals surface area contributed by atoms with Gasteiger partial charge >= 0.3 is 0 Å². The van der Waals surface area contributed by atoms with Gasteiger partial charge in [0.25, 0.3) is 0 Å². The average Bonchev–Trinajstić information content (AvgIpc) is 1.85. The second-order valence-corrected chi connectivity index (χ2v) is 4.07. The van der Waals surface area contributed by atoms with Gasteiger partial charge < -0.3 is 5.32 Å². The topological polar surface area (TPSA) is 12.0 Å². The van der Waals surface area contributed by atoms with E-state index in [1.807, 2.05) is 0 Å². The molecule has 2 aliphatic rings. The Hall–Kier alpha value is -0.0400. The van der Waals surface area contributed by atoms with Gasteiger partial charge in [-0.2, -0.15) is 0 Å². The Labute approximate surface area is 63.2 Å². The second kappa shape index (κ2) is 2.54. The zero-order valence-corrected chi connectivity index (χ0v) is 6.77. The maximum atomic E-state index is 3.68. The van der Waals surface area contributed by atoms with Crippen LogP contribution in [0.25, 0.3) is 0 Å². The third-order valence-corrected chi connectivity index (χ3v) is 2.95. The summed E-state index contributed by atoms with van der Waals surface area (Å²) < 4.78 is 0. The molecule has 0 saturated carbocycles. The molecule has 2 rings (SSSR count). The highest BCUT2D eigenvalue weighted by Crippen LogP contribution is 2.28. The molecular formula is C9H17N. The third-order valence-electron chi connectivity index (χ3n) is 2.95. The standard InChI is InChI=1S/C9H17N/c1-7-5-8-3-2-4-9(6-7)10-8/h7-10H,2-6H2,1H3/t7?,8-,9+. The Balaban J connectivity index is 1.98. The molecule has 10 heavy (non-hydrogen) atoms. The number of rotatable bonds is 0. The SMILES string of the molecule is CC1C[C@H]2CCC[C@@H](C1)N2. The largest absolute Gasteiger partial charge is 0.311 e. The predicted octanol–water partition coefficient (Wildman–Crippen LogP) is 1.93. The van der Waals surface area contributed by atoms with Gasteiger partial charge in [0, 0.05) is 12.1 Å². The van der Waals surface area contributed by atoms with Gasteiger partial charge in [-0.3, -0.25) is 0 Å². The molecule has 0 aromatic carbocycles. The van der Waals surface area contributed by atoms with Gasteiger partial charge in [-0.15, -0.1) is 0 Å². The van der Waals surface area contributed by atoms with E-state index in [0.717, 1.165) is 18.0 Å². The van der Waals surface area contributed by atoms with Gasteiger partial charge in [-0.25, -0.2) is 0 Å². The van der Waals surface area contributed by atoms with Crippen molar-refractivity contribution in [2.24, 2.45) is 5.92 Å². The molecule has 0 radical (unpaired) electrons. The van der Waals surface area contributed by atoms with Crippen LogP contribution < -0.4 is 5.32 Å². The quantitative estimate of drug-likeness (QED) is 0.540. The Kier molecular flexibility index (Phi) is 1.69. The van der Waals surface area contributed by atoms with E-state index >= 15 is 0 Å². The average molecular weight is 139 g/mol. The van der Waals surface area contributed by atoms with E-state index in [1.165, 1.54) is 32.1 Å². The first-order chi connectivity index (χ1) is 4.84. The van der Waals surface area contributed by atoms with Crippen molar-refractivity contribution in [2.45, 2.75) is 51.1 Å². The predicted molar refractivity (Wildman–Crippen MR) is 43.0 cm³/mol. The maximum Gasteiger partial charge on any atom is 0.00722 e. The summed E-state index contributed by atoms with van der Waals surface area (Å²) >= 11 is 0. The van der Waals surface area contributed by atoms with Gasteiger partial charge in [0.1, 0.15) is 0 Å². The number of hydrogen-bond donors (Lipinski definition) is 1. The van der Waals surface area contributed by atoms with Crippen LogP contribution in [-0.4, -0.2) is 12.1 Å². The van der Waals surface area contributed by atoms with Gasteiger partial charge in [0.15, 0.2) is 0 Å². The molecule has 1 unspecified atom stereocenters. The lowest BCUT2D eigenvalue weighted by molar-refractivity contribution is 0.196. The molecule has 0 aromatic heterocycles. The molecule has 2 aliphatic heterocycles. The van der Waals surface area contributed by atoms with E-state index in [0.29, 0.717) is 0 Å². The molecule has 2 fully saturated rings. The summed E-state index contributed by atoms with van der Waals surface area (Å²) in [6.45, 7) is 2.40. The lowest BCUT2D eigenvalue weighted by atomic mass is 9.81. The Morgan fingerprint density at radius 2 is 1.70 bits per heavy atom. The summed E-state index contributed by atoms with van der Waals surface area (Å²) in [7, 11) is 0. The molecule has 2 saturated heterocycles. The van der Waals surface area contributed by atoms with Crippen molar-refractivity contribution in [2.75, 3.05) is 0 Å². The van der Waals surface area contributed by atoms with E-state index in [1.54, 1.807) is 0 Å². The fourth-order valence-corrected chi connectivity index (χ4v) is 2.55. The molecule has 2 bridgehead atoms. The molecule has 0 amide bonds. The molecule has 0 aromatic rings. The first-order valence-electron chi connectivity index (χ1n) is 4.60. The van der Waals surface area contributed by atoms with Crippen LogP contribution in [0.2, 0.25) is 0 Å².